The van der Waals surface area contributed by atoms with Gasteiger partial charge in [0.05, 0.1) is 22.5 Å². The van der Waals surface area contributed by atoms with Crippen molar-refractivity contribution in [2.45, 2.75) is 13.8 Å². The van der Waals surface area contributed by atoms with Crippen LogP contribution in [0.15, 0.2) is 18.5 Å². The first kappa shape index (κ1) is 12.0. The second kappa shape index (κ2) is 4.43. The van der Waals surface area contributed by atoms with E-state index in [4.69, 9.17) is 29.6 Å². The maximum Gasteiger partial charge on any atom is 0.163 e. The van der Waals surface area contributed by atoms with Gasteiger partial charge < -0.3 is 5.73 Å². The lowest BCUT2D eigenvalue weighted by molar-refractivity contribution is 0.828. The lowest BCUT2D eigenvalue weighted by Crippen LogP contribution is -2.16. The second-order valence-corrected chi connectivity index (χ2v) is 4.54. The van der Waals surface area contributed by atoms with E-state index in [0.29, 0.717) is 15.8 Å². The van der Waals surface area contributed by atoms with Crippen LogP contribution in [-0.4, -0.2) is 19.8 Å². The molecule has 0 amide bonds. The number of nitrogens with zero attached hydrogens (tertiary/aromatic N) is 3. The van der Waals surface area contributed by atoms with E-state index in [0.717, 1.165) is 16.8 Å². The fraction of sp³-hybridized carbons (Fsp3) is 0.182. The van der Waals surface area contributed by atoms with Crippen molar-refractivity contribution < 1.29 is 0 Å². The summed E-state index contributed by atoms with van der Waals surface area (Å²) in [7, 11) is 0. The van der Waals surface area contributed by atoms with E-state index in [1.54, 1.807) is 17.1 Å². The Kier molecular flexibility index (Phi) is 3.13. The Morgan fingerprint density at radius 2 is 2.18 bits per heavy atom. The van der Waals surface area contributed by atoms with Crippen molar-refractivity contribution in [3.8, 4) is 5.82 Å². The van der Waals surface area contributed by atoms with Gasteiger partial charge in [-0.15, -0.1) is 0 Å². The fourth-order valence-electron chi connectivity index (χ4n) is 1.57. The number of aryl methyl sites for hydroxylation is 2. The summed E-state index contributed by atoms with van der Waals surface area (Å²) in [6.07, 6.45) is 3.39. The average Bonchev–Trinajstić information content (AvgIpc) is 2.58. The number of nitrogens with two attached hydrogens (primary N) is 1. The number of aromatic nitrogens is 3. The molecule has 2 rings (SSSR count). The smallest absolute Gasteiger partial charge is 0.163 e. The van der Waals surface area contributed by atoms with E-state index in [2.05, 4.69) is 10.1 Å². The predicted octanol–water partition coefficient (Wildman–Crippen LogP) is 2.17. The quantitative estimate of drug-likeness (QED) is 0.847. The first-order chi connectivity index (χ1) is 8.00. The average molecular weight is 267 g/mol. The van der Waals surface area contributed by atoms with Gasteiger partial charge in [0, 0.05) is 6.20 Å². The van der Waals surface area contributed by atoms with Gasteiger partial charge >= 0.3 is 0 Å². The number of thiocarbonyl (C=S) groups is 1. The van der Waals surface area contributed by atoms with Gasteiger partial charge in [0.15, 0.2) is 5.82 Å². The summed E-state index contributed by atoms with van der Waals surface area (Å²) >= 11 is 11.0. The molecule has 0 radical (unpaired) electrons. The molecule has 17 heavy (non-hydrogen) atoms. The van der Waals surface area contributed by atoms with Gasteiger partial charge in [-0.3, -0.25) is 0 Å². The molecule has 0 aromatic carbocycles. The van der Waals surface area contributed by atoms with Crippen LogP contribution in [0.25, 0.3) is 5.82 Å². The number of hydrogen-bond acceptors (Lipinski definition) is 3. The van der Waals surface area contributed by atoms with Crippen molar-refractivity contribution in [3.05, 3.63) is 40.3 Å². The largest absolute Gasteiger partial charge is 0.389 e. The molecule has 2 heterocycles. The molecular weight excluding hydrogens is 256 g/mol. The van der Waals surface area contributed by atoms with Gasteiger partial charge in [0.1, 0.15) is 4.99 Å². The highest BCUT2D eigenvalue weighted by atomic mass is 35.5. The van der Waals surface area contributed by atoms with Crippen LogP contribution in [0.3, 0.4) is 0 Å². The lowest BCUT2D eigenvalue weighted by Gasteiger charge is -2.09. The van der Waals surface area contributed by atoms with Gasteiger partial charge in [0.25, 0.3) is 0 Å². The Bertz CT molecular complexity index is 572. The number of halogens is 1. The van der Waals surface area contributed by atoms with Gasteiger partial charge in [0.2, 0.25) is 0 Å². The Labute approximate surface area is 109 Å². The molecule has 4 nitrogen and oxygen atoms in total. The Morgan fingerprint density at radius 3 is 2.71 bits per heavy atom. The van der Waals surface area contributed by atoms with Crippen molar-refractivity contribution in [3.63, 3.8) is 0 Å². The minimum atomic E-state index is 0.301. The summed E-state index contributed by atoms with van der Waals surface area (Å²) < 4.78 is 1.60. The van der Waals surface area contributed by atoms with Crippen molar-refractivity contribution >= 4 is 28.8 Å². The van der Waals surface area contributed by atoms with E-state index < -0.39 is 0 Å². The summed E-state index contributed by atoms with van der Waals surface area (Å²) in [5, 5.41) is 4.86. The van der Waals surface area contributed by atoms with Gasteiger partial charge in [-0.2, -0.15) is 5.10 Å². The van der Waals surface area contributed by atoms with Crippen LogP contribution < -0.4 is 5.73 Å². The van der Waals surface area contributed by atoms with E-state index >= 15 is 0 Å². The summed E-state index contributed by atoms with van der Waals surface area (Å²) in [5.41, 5.74) is 8.14. The van der Waals surface area contributed by atoms with Gasteiger partial charge in [-0.25, -0.2) is 9.67 Å². The summed E-state index contributed by atoms with van der Waals surface area (Å²) in [6.45, 7) is 3.76. The topological polar surface area (TPSA) is 56.7 Å². The van der Waals surface area contributed by atoms with Crippen LogP contribution >= 0.6 is 23.8 Å². The van der Waals surface area contributed by atoms with Crippen molar-refractivity contribution in [1.82, 2.24) is 14.8 Å². The zero-order chi connectivity index (χ0) is 12.6. The fourth-order valence-corrected chi connectivity index (χ4v) is 1.95. The van der Waals surface area contributed by atoms with Crippen LogP contribution in [0.1, 0.15) is 16.8 Å². The first-order valence-electron chi connectivity index (χ1n) is 4.98. The van der Waals surface area contributed by atoms with Crippen LogP contribution in [-0.2, 0) is 0 Å². The van der Waals surface area contributed by atoms with Crippen molar-refractivity contribution in [2.24, 2.45) is 5.73 Å². The van der Waals surface area contributed by atoms with Crippen LogP contribution in [0.5, 0.6) is 0 Å². The molecule has 88 valence electrons. The minimum Gasteiger partial charge on any atom is -0.389 e. The van der Waals surface area contributed by atoms with Crippen LogP contribution in [0.4, 0.5) is 0 Å². The minimum absolute atomic E-state index is 0.301. The molecule has 2 aromatic rings. The lowest BCUT2D eigenvalue weighted by atomic mass is 10.1. The third-order valence-electron chi connectivity index (χ3n) is 2.44. The molecule has 0 atom stereocenters. The molecule has 0 aliphatic rings. The number of rotatable bonds is 2. The third-order valence-corrected chi connectivity index (χ3v) is 3.02. The molecule has 0 spiro atoms. The summed E-state index contributed by atoms with van der Waals surface area (Å²) in [4.78, 5) is 4.56. The maximum absolute atomic E-state index is 5.98. The molecule has 0 saturated heterocycles. The standard InChI is InChI=1S/C11H11ClN4S/c1-6-3-4-14-11(9(6)10(13)17)16-5-8(12)7(2)15-16/h3-5H,1-2H3,(H2,13,17). The molecule has 0 bridgehead atoms. The predicted molar refractivity (Wildman–Crippen MR) is 71.7 cm³/mol. The van der Waals surface area contributed by atoms with Gasteiger partial charge in [-0.05, 0) is 25.5 Å². The summed E-state index contributed by atoms with van der Waals surface area (Å²) in [6, 6.07) is 1.86. The van der Waals surface area contributed by atoms with Gasteiger partial charge in [-0.1, -0.05) is 23.8 Å². The Balaban J connectivity index is 2.67. The van der Waals surface area contributed by atoms with E-state index in [1.807, 2.05) is 19.9 Å². The molecule has 2 aromatic heterocycles. The summed E-state index contributed by atoms with van der Waals surface area (Å²) in [5.74, 6) is 0.604. The molecule has 0 saturated carbocycles. The van der Waals surface area contributed by atoms with Crippen molar-refractivity contribution in [1.29, 1.82) is 0 Å². The highest BCUT2D eigenvalue weighted by Crippen LogP contribution is 2.19. The highest BCUT2D eigenvalue weighted by Gasteiger charge is 2.13. The van der Waals surface area contributed by atoms with Crippen molar-refractivity contribution in [2.75, 3.05) is 0 Å². The number of pyridine rings is 1. The zero-order valence-electron chi connectivity index (χ0n) is 9.44. The van der Waals surface area contributed by atoms with E-state index in [9.17, 15) is 0 Å². The SMILES string of the molecule is Cc1ccnc(-n2cc(Cl)c(C)n2)c1C(N)=S. The normalized spacial score (nSPS) is 10.5. The van der Waals surface area contributed by atoms with E-state index in [-0.39, 0.29) is 0 Å². The Hall–Kier alpha value is -1.46. The molecule has 2 N–H and O–H groups in total. The zero-order valence-corrected chi connectivity index (χ0v) is 11.0. The monoisotopic (exact) mass is 266 g/mol. The van der Waals surface area contributed by atoms with Crippen LogP contribution in [0.2, 0.25) is 5.02 Å². The maximum atomic E-state index is 5.98. The highest BCUT2D eigenvalue weighted by molar-refractivity contribution is 7.80. The molecule has 0 fully saturated rings. The molecule has 0 unspecified atom stereocenters. The third kappa shape index (κ3) is 2.16. The number of hydrogen-bond donors (Lipinski definition) is 1. The molecule has 0 aliphatic carbocycles. The molecular formula is C11H11ClN4S. The Morgan fingerprint density at radius 1 is 1.47 bits per heavy atom. The first-order valence-corrected chi connectivity index (χ1v) is 5.77. The molecule has 0 aliphatic heterocycles. The molecule has 6 heteroatoms. The second-order valence-electron chi connectivity index (χ2n) is 3.70. The van der Waals surface area contributed by atoms with Crippen LogP contribution in [0, 0.1) is 13.8 Å². The van der Waals surface area contributed by atoms with E-state index in [1.165, 1.54) is 0 Å².